The van der Waals surface area contributed by atoms with Crippen molar-refractivity contribution in [1.29, 1.82) is 0 Å². The smallest absolute Gasteiger partial charge is 0.226 e. The maximum Gasteiger partial charge on any atom is 0.226 e. The van der Waals surface area contributed by atoms with Crippen LogP contribution in [0.5, 0.6) is 0 Å². The van der Waals surface area contributed by atoms with Gasteiger partial charge in [0.05, 0.1) is 11.0 Å². The molecule has 0 bridgehead atoms. The number of rotatable bonds is 3. The van der Waals surface area contributed by atoms with Gasteiger partial charge in [-0.2, -0.15) is 9.97 Å². The molecule has 0 aliphatic carbocycles. The van der Waals surface area contributed by atoms with Gasteiger partial charge in [-0.3, -0.25) is 0 Å². The summed E-state index contributed by atoms with van der Waals surface area (Å²) in [5.74, 6) is 1.11. The molecule has 212 valence electrons. The molecule has 5 heteroatoms. The second kappa shape index (κ2) is 10.0. The fourth-order valence-electron chi connectivity index (χ4n) is 6.47. The Hall–Kier alpha value is -5.06. The van der Waals surface area contributed by atoms with Crippen LogP contribution in [0.2, 0.25) is 5.28 Å². The lowest BCUT2D eigenvalue weighted by Crippen LogP contribution is -2.11. The van der Waals surface area contributed by atoms with Gasteiger partial charge in [0.15, 0.2) is 11.6 Å². The molecule has 8 rings (SSSR count). The molecule has 8 aromatic rings. The zero-order chi connectivity index (χ0) is 30.0. The summed E-state index contributed by atoms with van der Waals surface area (Å²) >= 11 is 6.56. The van der Waals surface area contributed by atoms with E-state index in [0.717, 1.165) is 33.0 Å². The minimum absolute atomic E-state index is 0.00319. The standard InChI is InChI=1S/C39H29ClN4/c1-39(2,3)33-15-9-12-28-29(33)13-8-14-32(28)37-41-36(42-38(40)43-37)25-19-18-24-20-21-27(23-26(24)22-25)44-34-16-6-4-10-30(34)31-11-5-7-17-35(31)44/h4-23H,1-3H3. The molecule has 44 heavy (non-hydrogen) atoms. The molecule has 0 aliphatic rings. The van der Waals surface area contributed by atoms with Crippen LogP contribution in [0.3, 0.4) is 0 Å². The molecule has 0 saturated carbocycles. The molecule has 6 aromatic carbocycles. The first-order valence-corrected chi connectivity index (χ1v) is 15.2. The Morgan fingerprint density at radius 1 is 0.545 bits per heavy atom. The molecule has 2 aromatic heterocycles. The third kappa shape index (κ3) is 4.33. The predicted octanol–water partition coefficient (Wildman–Crippen LogP) is 10.6. The molecule has 0 fully saturated rings. The van der Waals surface area contributed by atoms with Crippen molar-refractivity contribution in [3.05, 3.63) is 132 Å². The van der Waals surface area contributed by atoms with Crippen molar-refractivity contribution in [1.82, 2.24) is 19.5 Å². The fraction of sp³-hybridized carbons (Fsp3) is 0.103. The van der Waals surface area contributed by atoms with Crippen LogP contribution in [-0.4, -0.2) is 19.5 Å². The van der Waals surface area contributed by atoms with E-state index in [2.05, 4.69) is 157 Å². The van der Waals surface area contributed by atoms with Crippen molar-refractivity contribution >= 4 is 55.0 Å². The van der Waals surface area contributed by atoms with Crippen molar-refractivity contribution in [3.8, 4) is 28.5 Å². The molecular formula is C39H29ClN4. The Morgan fingerprint density at radius 3 is 1.93 bits per heavy atom. The summed E-state index contributed by atoms with van der Waals surface area (Å²) in [7, 11) is 0. The van der Waals surface area contributed by atoms with Crippen molar-refractivity contribution in [2.45, 2.75) is 26.2 Å². The fourth-order valence-corrected chi connectivity index (χ4v) is 6.63. The Labute approximate surface area is 260 Å². The number of nitrogens with zero attached hydrogens (tertiary/aromatic N) is 4. The van der Waals surface area contributed by atoms with E-state index in [9.17, 15) is 0 Å². The molecule has 0 atom stereocenters. The van der Waals surface area contributed by atoms with E-state index in [1.807, 2.05) is 0 Å². The lowest BCUT2D eigenvalue weighted by molar-refractivity contribution is 0.596. The first-order chi connectivity index (χ1) is 21.3. The minimum Gasteiger partial charge on any atom is -0.309 e. The van der Waals surface area contributed by atoms with Crippen LogP contribution < -0.4 is 0 Å². The molecule has 0 unspecified atom stereocenters. The summed E-state index contributed by atoms with van der Waals surface area (Å²) in [6, 6.07) is 42.8. The van der Waals surface area contributed by atoms with Crippen LogP contribution in [0.15, 0.2) is 121 Å². The van der Waals surface area contributed by atoms with E-state index in [1.54, 1.807) is 0 Å². The van der Waals surface area contributed by atoms with Crippen LogP contribution in [0, 0.1) is 0 Å². The molecule has 2 heterocycles. The van der Waals surface area contributed by atoms with Crippen LogP contribution in [-0.2, 0) is 5.41 Å². The van der Waals surface area contributed by atoms with Crippen molar-refractivity contribution < 1.29 is 0 Å². The number of hydrogen-bond donors (Lipinski definition) is 0. The van der Waals surface area contributed by atoms with Gasteiger partial charge in [0.2, 0.25) is 5.28 Å². The summed E-state index contributed by atoms with van der Waals surface area (Å²) in [6.45, 7) is 6.70. The SMILES string of the molecule is CC(C)(C)c1cccc2c(-c3nc(Cl)nc(-c4ccc5ccc(-n6c7ccccc7c7ccccc76)cc5c4)n3)cccc12. The monoisotopic (exact) mass is 588 g/mol. The number of halogens is 1. The lowest BCUT2D eigenvalue weighted by Gasteiger charge is -2.22. The summed E-state index contributed by atoms with van der Waals surface area (Å²) < 4.78 is 2.33. The van der Waals surface area contributed by atoms with E-state index < -0.39 is 0 Å². The van der Waals surface area contributed by atoms with Gasteiger partial charge in [0.25, 0.3) is 0 Å². The first kappa shape index (κ1) is 26.6. The Morgan fingerprint density at radius 2 is 1.18 bits per heavy atom. The highest BCUT2D eigenvalue weighted by molar-refractivity contribution is 6.28. The van der Waals surface area contributed by atoms with Gasteiger partial charge in [0.1, 0.15) is 0 Å². The van der Waals surface area contributed by atoms with Gasteiger partial charge in [-0.1, -0.05) is 112 Å². The summed E-state index contributed by atoms with van der Waals surface area (Å²) in [4.78, 5) is 14.1. The van der Waals surface area contributed by atoms with Gasteiger partial charge in [0, 0.05) is 27.6 Å². The third-order valence-electron chi connectivity index (χ3n) is 8.50. The molecule has 0 saturated heterocycles. The Balaban J connectivity index is 1.27. The lowest BCUT2D eigenvalue weighted by atomic mass is 9.83. The zero-order valence-corrected chi connectivity index (χ0v) is 25.5. The largest absolute Gasteiger partial charge is 0.309 e. The van der Waals surface area contributed by atoms with Gasteiger partial charge in [-0.25, -0.2) is 4.98 Å². The van der Waals surface area contributed by atoms with Gasteiger partial charge >= 0.3 is 0 Å². The molecule has 4 nitrogen and oxygen atoms in total. The number of aromatic nitrogens is 4. The molecule has 0 radical (unpaired) electrons. The normalized spacial score (nSPS) is 12.1. The second-order valence-electron chi connectivity index (χ2n) is 12.3. The van der Waals surface area contributed by atoms with E-state index in [-0.39, 0.29) is 10.7 Å². The first-order valence-electron chi connectivity index (χ1n) is 14.8. The number of benzene rings is 6. The van der Waals surface area contributed by atoms with Crippen LogP contribution in [0.25, 0.3) is 71.8 Å². The van der Waals surface area contributed by atoms with Crippen LogP contribution in [0.4, 0.5) is 0 Å². The third-order valence-corrected chi connectivity index (χ3v) is 8.67. The topological polar surface area (TPSA) is 43.6 Å². The number of hydrogen-bond acceptors (Lipinski definition) is 3. The predicted molar refractivity (Wildman–Crippen MR) is 184 cm³/mol. The minimum atomic E-state index is 0.00319. The van der Waals surface area contributed by atoms with E-state index in [1.165, 1.54) is 32.8 Å². The van der Waals surface area contributed by atoms with Crippen LogP contribution >= 0.6 is 11.6 Å². The number of fused-ring (bicyclic) bond motifs is 5. The molecule has 0 amide bonds. The van der Waals surface area contributed by atoms with Gasteiger partial charge in [-0.05, 0) is 74.5 Å². The quantitative estimate of drug-likeness (QED) is 0.206. The maximum atomic E-state index is 6.56. The Kier molecular flexibility index (Phi) is 6.04. The highest BCUT2D eigenvalue weighted by atomic mass is 35.5. The van der Waals surface area contributed by atoms with Crippen molar-refractivity contribution in [2.24, 2.45) is 0 Å². The molecular weight excluding hydrogens is 560 g/mol. The average molecular weight is 589 g/mol. The second-order valence-corrected chi connectivity index (χ2v) is 12.7. The summed E-state index contributed by atoms with van der Waals surface area (Å²) in [5, 5.41) is 7.19. The van der Waals surface area contributed by atoms with Crippen molar-refractivity contribution in [2.75, 3.05) is 0 Å². The molecule has 0 N–H and O–H groups in total. The molecule has 0 aliphatic heterocycles. The highest BCUT2D eigenvalue weighted by Gasteiger charge is 2.19. The van der Waals surface area contributed by atoms with Gasteiger partial charge in [-0.15, -0.1) is 0 Å². The van der Waals surface area contributed by atoms with E-state index >= 15 is 0 Å². The van der Waals surface area contributed by atoms with Crippen LogP contribution in [0.1, 0.15) is 26.3 Å². The highest BCUT2D eigenvalue weighted by Crippen LogP contribution is 2.36. The number of para-hydroxylation sites is 2. The molecule has 0 spiro atoms. The Bertz CT molecular complexity index is 2340. The maximum absolute atomic E-state index is 6.56. The summed E-state index contributed by atoms with van der Waals surface area (Å²) in [5.41, 5.74) is 6.58. The van der Waals surface area contributed by atoms with Crippen molar-refractivity contribution in [3.63, 3.8) is 0 Å². The van der Waals surface area contributed by atoms with Gasteiger partial charge < -0.3 is 4.57 Å². The van der Waals surface area contributed by atoms with E-state index in [4.69, 9.17) is 16.6 Å². The average Bonchev–Trinajstić information content (AvgIpc) is 3.37. The zero-order valence-electron chi connectivity index (χ0n) is 24.7. The summed E-state index contributed by atoms with van der Waals surface area (Å²) in [6.07, 6.45) is 0. The van der Waals surface area contributed by atoms with E-state index in [0.29, 0.717) is 11.6 Å².